The number of hydrogen-bond donors (Lipinski definition) is 0. The molecule has 0 heterocycles. The molecule has 0 saturated carbocycles. The van der Waals surface area contributed by atoms with Crippen LogP contribution in [0.1, 0.15) is 110 Å². The summed E-state index contributed by atoms with van der Waals surface area (Å²) in [5.41, 5.74) is 3.33. The first-order chi connectivity index (χ1) is 16.5. The van der Waals surface area contributed by atoms with E-state index in [4.69, 9.17) is 4.74 Å². The average Bonchev–Trinajstić information content (AvgIpc) is 2.82. The van der Waals surface area contributed by atoms with Crippen molar-refractivity contribution in [3.63, 3.8) is 0 Å². The zero-order valence-electron chi connectivity index (χ0n) is 25.4. The fourth-order valence-electron chi connectivity index (χ4n) is 3.03. The third kappa shape index (κ3) is 15.2. The summed E-state index contributed by atoms with van der Waals surface area (Å²) in [6.45, 7) is 35.2. The summed E-state index contributed by atoms with van der Waals surface area (Å²) >= 11 is 0. The van der Waals surface area contributed by atoms with Crippen LogP contribution in [0, 0.1) is 5.41 Å². The fourth-order valence-corrected chi connectivity index (χ4v) is 3.03. The van der Waals surface area contributed by atoms with E-state index < -0.39 is 5.97 Å². The summed E-state index contributed by atoms with van der Waals surface area (Å²) < 4.78 is 5.31. The van der Waals surface area contributed by atoms with E-state index in [1.54, 1.807) is 13.1 Å². The number of esters is 1. The van der Waals surface area contributed by atoms with Crippen molar-refractivity contribution >= 4 is 18.5 Å². The molecule has 0 spiro atoms. The van der Waals surface area contributed by atoms with Gasteiger partial charge in [0.15, 0.2) is 5.78 Å². The lowest BCUT2D eigenvalue weighted by molar-refractivity contribution is -0.138. The molecule has 0 aromatic rings. The Morgan fingerprint density at radius 2 is 1.40 bits per heavy atom. The van der Waals surface area contributed by atoms with E-state index in [1.807, 2.05) is 74.5 Å². The molecule has 0 rings (SSSR count). The van der Waals surface area contributed by atoms with Gasteiger partial charge in [0.2, 0.25) is 0 Å². The lowest BCUT2D eigenvalue weighted by Crippen LogP contribution is -2.19. The second-order valence-electron chi connectivity index (χ2n) is 7.97. The summed E-state index contributed by atoms with van der Waals surface area (Å²) in [5, 5.41) is 0. The molecule has 0 atom stereocenters. The summed E-state index contributed by atoms with van der Waals surface area (Å²) in [4.78, 5) is 29.6. The van der Waals surface area contributed by atoms with Gasteiger partial charge in [0, 0.05) is 22.9 Å². The van der Waals surface area contributed by atoms with Crippen molar-refractivity contribution < 1.29 is 14.3 Å². The van der Waals surface area contributed by atoms with Gasteiger partial charge in [-0.05, 0) is 58.7 Å². The predicted octanol–water partition coefficient (Wildman–Crippen LogP) is 9.39. The Bertz CT molecular complexity index is 771. The van der Waals surface area contributed by atoms with Gasteiger partial charge in [-0.25, -0.2) is 4.79 Å². The minimum Gasteiger partial charge on any atom is -0.462 e. The van der Waals surface area contributed by atoms with E-state index in [2.05, 4.69) is 39.1 Å². The Balaban J connectivity index is -0.000000737. The second kappa shape index (κ2) is 23.3. The number of aliphatic imine (C=N–C) groups is 1. The molecule has 0 amide bonds. The molecule has 4 heteroatoms. The Kier molecular flexibility index (Phi) is 26.4. The highest BCUT2D eigenvalue weighted by molar-refractivity contribution is 6.05. The maximum Gasteiger partial charge on any atom is 0.338 e. The largest absolute Gasteiger partial charge is 0.462 e. The Labute approximate surface area is 218 Å². The van der Waals surface area contributed by atoms with Crippen LogP contribution in [0.5, 0.6) is 0 Å². The van der Waals surface area contributed by atoms with Crippen LogP contribution < -0.4 is 0 Å². The third-order valence-corrected chi connectivity index (χ3v) is 4.70. The number of ether oxygens (including phenoxy) is 1. The number of carbonyl (C=O) groups is 2. The Hall–Kier alpha value is -2.49. The van der Waals surface area contributed by atoms with Crippen LogP contribution in [0.25, 0.3) is 0 Å². The van der Waals surface area contributed by atoms with Gasteiger partial charge >= 0.3 is 5.97 Å². The van der Waals surface area contributed by atoms with Crippen LogP contribution in [-0.2, 0) is 14.3 Å². The van der Waals surface area contributed by atoms with Gasteiger partial charge in [-0.3, -0.25) is 9.79 Å². The second-order valence-corrected chi connectivity index (χ2v) is 7.97. The standard InChI is InChI=1S/C25H37NO3.3C2H6/c1-11-14-20(16-26-10)23(21(17(4)5)24(28)29-13-3)22(19(7)27)18(6)15-25(8,9)12-2;3*1-2/h11,14,16H,6,10,12-13,15H2,1-5,7-9H3;3*1-2H3/b14-11-,20-16+,23-22+;;;. The van der Waals surface area contributed by atoms with Gasteiger partial charge in [0.25, 0.3) is 0 Å². The van der Waals surface area contributed by atoms with E-state index in [1.165, 1.54) is 6.92 Å². The number of allylic oxidation sites excluding steroid dienone is 6. The number of Topliss-reactive ketones (excluding diaryl/α,β-unsaturated/α-hetero) is 1. The summed E-state index contributed by atoms with van der Waals surface area (Å²) in [7, 11) is 0. The molecule has 4 nitrogen and oxygen atoms in total. The molecular weight excluding hydrogens is 434 g/mol. The average molecular weight is 490 g/mol. The lowest BCUT2D eigenvalue weighted by Gasteiger charge is -2.26. The quantitative estimate of drug-likeness (QED) is 0.126. The van der Waals surface area contributed by atoms with E-state index in [0.717, 1.165) is 12.0 Å². The summed E-state index contributed by atoms with van der Waals surface area (Å²) in [6, 6.07) is 0. The van der Waals surface area contributed by atoms with Gasteiger partial charge < -0.3 is 4.74 Å². The first kappa shape index (κ1) is 39.7. The molecule has 0 aliphatic heterocycles. The SMILES string of the molecule is C=N/C=C(\C=C/C)C(/C(C(=O)OCC)=C(C)C)=C(/C(=C)CC(C)(C)CC)C(C)=O.CC.CC.CC. The zero-order chi connectivity index (χ0) is 28.8. The maximum absolute atomic E-state index is 12.9. The van der Waals surface area contributed by atoms with Crippen molar-refractivity contribution in [1.29, 1.82) is 0 Å². The Morgan fingerprint density at radius 3 is 1.71 bits per heavy atom. The van der Waals surface area contributed by atoms with Gasteiger partial charge in [0.1, 0.15) is 0 Å². The summed E-state index contributed by atoms with van der Waals surface area (Å²) in [6.07, 6.45) is 6.77. The van der Waals surface area contributed by atoms with E-state index in [9.17, 15) is 9.59 Å². The van der Waals surface area contributed by atoms with Crippen molar-refractivity contribution in [3.8, 4) is 0 Å². The van der Waals surface area contributed by atoms with Gasteiger partial charge in [-0.1, -0.05) is 93.0 Å². The van der Waals surface area contributed by atoms with Crippen LogP contribution in [0.2, 0.25) is 0 Å². The topological polar surface area (TPSA) is 55.7 Å². The molecule has 0 aliphatic rings. The highest BCUT2D eigenvalue weighted by atomic mass is 16.5. The molecule has 0 aromatic heterocycles. The minimum atomic E-state index is -0.469. The monoisotopic (exact) mass is 489 g/mol. The van der Waals surface area contributed by atoms with Crippen LogP contribution in [0.15, 0.2) is 63.4 Å². The van der Waals surface area contributed by atoms with Crippen molar-refractivity contribution in [2.75, 3.05) is 6.61 Å². The number of rotatable bonds is 11. The van der Waals surface area contributed by atoms with Crippen molar-refractivity contribution in [1.82, 2.24) is 0 Å². The highest BCUT2D eigenvalue weighted by Gasteiger charge is 2.28. The van der Waals surface area contributed by atoms with Crippen LogP contribution in [-0.4, -0.2) is 25.1 Å². The van der Waals surface area contributed by atoms with Crippen molar-refractivity contribution in [2.45, 2.75) is 110 Å². The molecular formula is C31H55NO3. The minimum absolute atomic E-state index is 0.0287. The Morgan fingerprint density at radius 1 is 0.914 bits per heavy atom. The summed E-state index contributed by atoms with van der Waals surface area (Å²) in [5.74, 6) is -0.623. The molecule has 0 aliphatic carbocycles. The van der Waals surface area contributed by atoms with Crippen molar-refractivity contribution in [2.24, 2.45) is 10.4 Å². The van der Waals surface area contributed by atoms with Gasteiger partial charge in [0.05, 0.1) is 12.2 Å². The smallest absolute Gasteiger partial charge is 0.338 e. The van der Waals surface area contributed by atoms with Crippen molar-refractivity contribution in [3.05, 3.63) is 58.4 Å². The first-order valence-electron chi connectivity index (χ1n) is 13.0. The van der Waals surface area contributed by atoms with Gasteiger partial charge in [-0.15, -0.1) is 0 Å². The van der Waals surface area contributed by atoms with Gasteiger partial charge in [-0.2, -0.15) is 0 Å². The van der Waals surface area contributed by atoms with Crippen LogP contribution >= 0.6 is 0 Å². The van der Waals surface area contributed by atoms with Crippen LogP contribution in [0.3, 0.4) is 0 Å². The fraction of sp³-hybridized carbons (Fsp3) is 0.581. The highest BCUT2D eigenvalue weighted by Crippen LogP contribution is 2.37. The number of nitrogens with zero attached hydrogens (tertiary/aromatic N) is 1. The molecule has 0 aromatic carbocycles. The molecule has 0 radical (unpaired) electrons. The number of hydrogen-bond acceptors (Lipinski definition) is 4. The molecule has 0 unspecified atom stereocenters. The maximum atomic E-state index is 12.9. The number of carbonyl (C=O) groups excluding carboxylic acids is 2. The normalized spacial score (nSPS) is 11.3. The first-order valence-corrected chi connectivity index (χ1v) is 13.0. The lowest BCUT2D eigenvalue weighted by atomic mass is 9.78. The van der Waals surface area contributed by atoms with Crippen LogP contribution in [0.4, 0.5) is 0 Å². The predicted molar refractivity (Wildman–Crippen MR) is 157 cm³/mol. The molecule has 35 heavy (non-hydrogen) atoms. The van der Waals surface area contributed by atoms with E-state index in [-0.39, 0.29) is 17.8 Å². The molecule has 202 valence electrons. The molecule has 0 saturated heterocycles. The molecule has 0 bridgehead atoms. The molecule has 0 N–H and O–H groups in total. The van der Waals surface area contributed by atoms with E-state index in [0.29, 0.717) is 34.3 Å². The zero-order valence-corrected chi connectivity index (χ0v) is 25.4. The molecule has 0 fully saturated rings. The third-order valence-electron chi connectivity index (χ3n) is 4.70. The number of ketones is 1. The van der Waals surface area contributed by atoms with E-state index >= 15 is 0 Å².